The molecule has 0 saturated carbocycles. The number of sulfonamides is 1. The van der Waals surface area contributed by atoms with E-state index in [4.69, 9.17) is 0 Å². The van der Waals surface area contributed by atoms with E-state index in [1.54, 1.807) is 16.0 Å². The number of nitrogens with one attached hydrogen (secondary N) is 1. The molecule has 2 heterocycles. The molecular weight excluding hydrogens is 298 g/mol. The summed E-state index contributed by atoms with van der Waals surface area (Å²) >= 11 is 1.45. The molecule has 1 atom stereocenters. The zero-order valence-electron chi connectivity index (χ0n) is 11.2. The summed E-state index contributed by atoms with van der Waals surface area (Å²) in [4.78, 5) is 3.88. The summed E-state index contributed by atoms with van der Waals surface area (Å²) in [6, 6.07) is 1.90. The van der Waals surface area contributed by atoms with Gasteiger partial charge in [-0.3, -0.25) is 0 Å². The van der Waals surface area contributed by atoms with Crippen LogP contribution in [-0.4, -0.2) is 29.6 Å². The lowest BCUT2D eigenvalue weighted by Gasteiger charge is -2.10. The molecule has 0 amide bonds. The number of hydrogen-bond donors (Lipinski definition) is 2. The van der Waals surface area contributed by atoms with E-state index < -0.39 is 16.1 Å². The Balaban J connectivity index is 2.03. The highest BCUT2D eigenvalue weighted by molar-refractivity contribution is 7.89. The molecule has 2 N–H and O–H groups in total. The van der Waals surface area contributed by atoms with Gasteiger partial charge in [0.15, 0.2) is 5.03 Å². The minimum Gasteiger partial charge on any atom is -0.387 e. The first-order chi connectivity index (χ1) is 9.40. The van der Waals surface area contributed by atoms with Crippen molar-refractivity contribution in [3.8, 4) is 0 Å². The minimum atomic E-state index is -3.70. The average molecular weight is 315 g/mol. The zero-order chi connectivity index (χ0) is 14.8. The van der Waals surface area contributed by atoms with Gasteiger partial charge in [0.2, 0.25) is 0 Å². The van der Waals surface area contributed by atoms with Gasteiger partial charge in [-0.05, 0) is 36.2 Å². The molecule has 0 radical (unpaired) electrons. The first-order valence-corrected chi connectivity index (χ1v) is 8.56. The lowest BCUT2D eigenvalue weighted by molar-refractivity contribution is 0.182. The predicted molar refractivity (Wildman–Crippen MR) is 77.1 cm³/mol. The van der Waals surface area contributed by atoms with Crippen LogP contribution in [-0.2, 0) is 10.0 Å². The molecule has 0 aliphatic rings. The Hall–Kier alpha value is -1.22. The smallest absolute Gasteiger partial charge is 0.259 e. The molecular formula is C12H17N3O3S2. The Morgan fingerprint density at radius 1 is 1.50 bits per heavy atom. The normalized spacial score (nSPS) is 13.8. The van der Waals surface area contributed by atoms with Crippen molar-refractivity contribution in [1.29, 1.82) is 0 Å². The van der Waals surface area contributed by atoms with Crippen LogP contribution in [0.15, 0.2) is 34.4 Å². The number of thiophene rings is 1. The van der Waals surface area contributed by atoms with Gasteiger partial charge >= 0.3 is 0 Å². The van der Waals surface area contributed by atoms with Crippen LogP contribution < -0.4 is 4.72 Å². The fourth-order valence-electron chi connectivity index (χ4n) is 1.58. The number of aliphatic hydroxyl groups excluding tert-OH is 1. The third-order valence-corrected chi connectivity index (χ3v) is 4.85. The fraction of sp³-hybridized carbons (Fsp3) is 0.417. The Labute approximate surface area is 122 Å². The molecule has 20 heavy (non-hydrogen) atoms. The van der Waals surface area contributed by atoms with Gasteiger partial charge in [-0.1, -0.05) is 0 Å². The Morgan fingerprint density at radius 3 is 2.80 bits per heavy atom. The van der Waals surface area contributed by atoms with Crippen molar-refractivity contribution < 1.29 is 13.5 Å². The summed E-state index contributed by atoms with van der Waals surface area (Å²) in [5.41, 5.74) is 0.699. The van der Waals surface area contributed by atoms with Gasteiger partial charge in [0, 0.05) is 18.8 Å². The maximum absolute atomic E-state index is 12.0. The van der Waals surface area contributed by atoms with E-state index in [2.05, 4.69) is 9.71 Å². The second-order valence-corrected chi connectivity index (χ2v) is 7.17. The van der Waals surface area contributed by atoms with Crippen LogP contribution in [0.3, 0.4) is 0 Å². The van der Waals surface area contributed by atoms with Crippen molar-refractivity contribution in [1.82, 2.24) is 14.3 Å². The summed E-state index contributed by atoms with van der Waals surface area (Å²) in [7, 11) is -3.70. The number of rotatable bonds is 6. The number of imidazole rings is 1. The highest BCUT2D eigenvalue weighted by Gasteiger charge is 2.19. The Kier molecular flexibility index (Phi) is 4.59. The van der Waals surface area contributed by atoms with Gasteiger partial charge in [0.25, 0.3) is 10.0 Å². The van der Waals surface area contributed by atoms with Crippen LogP contribution in [0.4, 0.5) is 0 Å². The molecule has 0 aliphatic carbocycles. The number of aromatic nitrogens is 2. The maximum atomic E-state index is 12.0. The largest absolute Gasteiger partial charge is 0.387 e. The SMILES string of the molecule is CC(C)n1cnc(S(=O)(=O)NC[C@@H](O)c2ccsc2)c1. The van der Waals surface area contributed by atoms with Crippen LogP contribution in [0.2, 0.25) is 0 Å². The minimum absolute atomic E-state index is 0.0382. The second-order valence-electron chi connectivity index (χ2n) is 4.68. The molecule has 110 valence electrons. The van der Waals surface area contributed by atoms with Gasteiger partial charge in [-0.25, -0.2) is 18.1 Å². The van der Waals surface area contributed by atoms with Crippen LogP contribution in [0, 0.1) is 0 Å². The van der Waals surface area contributed by atoms with E-state index in [9.17, 15) is 13.5 Å². The van der Waals surface area contributed by atoms with E-state index in [-0.39, 0.29) is 17.6 Å². The summed E-state index contributed by atoms with van der Waals surface area (Å²) < 4.78 is 28.2. The van der Waals surface area contributed by atoms with Gasteiger partial charge in [-0.15, -0.1) is 0 Å². The molecule has 2 aromatic rings. The summed E-state index contributed by atoms with van der Waals surface area (Å²) in [5, 5.41) is 13.4. The first-order valence-electron chi connectivity index (χ1n) is 6.13. The lowest BCUT2D eigenvalue weighted by Crippen LogP contribution is -2.28. The molecule has 2 aromatic heterocycles. The molecule has 0 unspecified atom stereocenters. The fourth-order valence-corrected chi connectivity index (χ4v) is 3.26. The predicted octanol–water partition coefficient (Wildman–Crippen LogP) is 1.54. The summed E-state index contributed by atoms with van der Waals surface area (Å²) in [6.07, 6.45) is 2.10. The third kappa shape index (κ3) is 3.45. The summed E-state index contributed by atoms with van der Waals surface area (Å²) in [5.74, 6) is 0. The first kappa shape index (κ1) is 15.2. The molecule has 0 fully saturated rings. The molecule has 0 aliphatic heterocycles. The van der Waals surface area contributed by atoms with Crippen molar-refractivity contribution in [3.05, 3.63) is 34.9 Å². The molecule has 0 aromatic carbocycles. The summed E-state index contributed by atoms with van der Waals surface area (Å²) in [6.45, 7) is 3.80. The van der Waals surface area contributed by atoms with Crippen molar-refractivity contribution >= 4 is 21.4 Å². The number of hydrogen-bond acceptors (Lipinski definition) is 5. The molecule has 2 rings (SSSR count). The molecule has 0 bridgehead atoms. The van der Waals surface area contributed by atoms with Gasteiger partial charge in [-0.2, -0.15) is 11.3 Å². The van der Waals surface area contributed by atoms with Gasteiger partial charge < -0.3 is 9.67 Å². The maximum Gasteiger partial charge on any atom is 0.259 e. The van der Waals surface area contributed by atoms with Crippen molar-refractivity contribution in [3.63, 3.8) is 0 Å². The average Bonchev–Trinajstić information content (AvgIpc) is 3.06. The quantitative estimate of drug-likeness (QED) is 0.847. The molecule has 6 nitrogen and oxygen atoms in total. The highest BCUT2D eigenvalue weighted by atomic mass is 32.2. The zero-order valence-corrected chi connectivity index (χ0v) is 12.9. The Morgan fingerprint density at radius 2 is 2.25 bits per heavy atom. The van der Waals surface area contributed by atoms with Crippen LogP contribution >= 0.6 is 11.3 Å². The van der Waals surface area contributed by atoms with E-state index in [1.807, 2.05) is 19.2 Å². The van der Waals surface area contributed by atoms with E-state index in [1.165, 1.54) is 23.9 Å². The lowest BCUT2D eigenvalue weighted by atomic mass is 10.2. The Bertz CT molecular complexity index is 647. The molecule has 0 saturated heterocycles. The van der Waals surface area contributed by atoms with E-state index >= 15 is 0 Å². The topological polar surface area (TPSA) is 84.2 Å². The monoisotopic (exact) mass is 315 g/mol. The third-order valence-electron chi connectivity index (χ3n) is 2.84. The molecule has 8 heteroatoms. The second kappa shape index (κ2) is 6.04. The number of aliphatic hydroxyl groups is 1. The number of nitrogens with zero attached hydrogens (tertiary/aromatic N) is 2. The van der Waals surface area contributed by atoms with Crippen LogP contribution in [0.1, 0.15) is 31.6 Å². The standard InChI is InChI=1S/C12H17N3O3S2/c1-9(2)15-6-12(13-8-15)20(17,18)14-5-11(16)10-3-4-19-7-10/h3-4,6-9,11,14,16H,5H2,1-2H3/t11-/m1/s1. The van der Waals surface area contributed by atoms with Crippen molar-refractivity contribution in [2.24, 2.45) is 0 Å². The van der Waals surface area contributed by atoms with Crippen molar-refractivity contribution in [2.75, 3.05) is 6.54 Å². The van der Waals surface area contributed by atoms with Gasteiger partial charge in [0.1, 0.15) is 0 Å². The highest BCUT2D eigenvalue weighted by Crippen LogP contribution is 2.16. The van der Waals surface area contributed by atoms with Gasteiger partial charge in [0.05, 0.1) is 12.4 Å². The van der Waals surface area contributed by atoms with E-state index in [0.29, 0.717) is 5.56 Å². The van der Waals surface area contributed by atoms with Crippen LogP contribution in [0.5, 0.6) is 0 Å². The van der Waals surface area contributed by atoms with Crippen LogP contribution in [0.25, 0.3) is 0 Å². The molecule has 0 spiro atoms. The van der Waals surface area contributed by atoms with E-state index in [0.717, 1.165) is 0 Å². The van der Waals surface area contributed by atoms with Crippen molar-refractivity contribution in [2.45, 2.75) is 31.0 Å².